The summed E-state index contributed by atoms with van der Waals surface area (Å²) in [4.78, 5) is 5.28. The van der Waals surface area contributed by atoms with Crippen LogP contribution in [0.2, 0.25) is 0 Å². The summed E-state index contributed by atoms with van der Waals surface area (Å²) >= 11 is 0. The molecule has 2 atom stereocenters. The SMILES string of the molecule is CCN1C(C)CN(CCCC(C)C)CC1C. The molecule has 0 radical (unpaired) electrons. The summed E-state index contributed by atoms with van der Waals surface area (Å²) in [6, 6.07) is 1.46. The maximum Gasteiger partial charge on any atom is 0.0198 e. The van der Waals surface area contributed by atoms with E-state index in [0.717, 1.165) is 18.0 Å². The molecular weight excluding hydrogens is 196 g/mol. The summed E-state index contributed by atoms with van der Waals surface area (Å²) in [6.07, 6.45) is 2.74. The Kier molecular flexibility index (Phi) is 5.77. The van der Waals surface area contributed by atoms with Gasteiger partial charge < -0.3 is 4.90 Å². The first-order valence-electron chi connectivity index (χ1n) is 7.02. The third-order valence-electron chi connectivity index (χ3n) is 3.80. The van der Waals surface area contributed by atoms with E-state index in [9.17, 15) is 0 Å². The van der Waals surface area contributed by atoms with Crippen molar-refractivity contribution in [3.8, 4) is 0 Å². The van der Waals surface area contributed by atoms with Crippen LogP contribution in [0.1, 0.15) is 47.5 Å². The molecule has 2 nitrogen and oxygen atoms in total. The van der Waals surface area contributed by atoms with Gasteiger partial charge in [0.25, 0.3) is 0 Å². The highest BCUT2D eigenvalue weighted by Gasteiger charge is 2.27. The number of hydrogen-bond acceptors (Lipinski definition) is 2. The molecule has 0 N–H and O–H groups in total. The van der Waals surface area contributed by atoms with Crippen LogP contribution >= 0.6 is 0 Å². The second-order valence-corrected chi connectivity index (χ2v) is 5.82. The van der Waals surface area contributed by atoms with Gasteiger partial charge in [-0.1, -0.05) is 20.8 Å². The van der Waals surface area contributed by atoms with Crippen LogP contribution in [0, 0.1) is 5.92 Å². The molecule has 0 aromatic carbocycles. The molecule has 0 amide bonds. The zero-order valence-electron chi connectivity index (χ0n) is 11.9. The number of likely N-dealkylation sites (N-methyl/N-ethyl adjacent to an activating group) is 1. The summed E-state index contributed by atoms with van der Waals surface area (Å²) in [6.45, 7) is 16.7. The molecule has 0 bridgehead atoms. The maximum absolute atomic E-state index is 2.66. The molecule has 2 unspecified atom stereocenters. The van der Waals surface area contributed by atoms with E-state index < -0.39 is 0 Å². The van der Waals surface area contributed by atoms with E-state index in [0.29, 0.717) is 0 Å². The van der Waals surface area contributed by atoms with Gasteiger partial charge >= 0.3 is 0 Å². The van der Waals surface area contributed by atoms with Gasteiger partial charge in [-0.3, -0.25) is 4.90 Å². The van der Waals surface area contributed by atoms with E-state index in [4.69, 9.17) is 0 Å². The van der Waals surface area contributed by atoms with Crippen molar-refractivity contribution in [1.29, 1.82) is 0 Å². The molecule has 0 aliphatic carbocycles. The third kappa shape index (κ3) is 4.06. The fourth-order valence-corrected chi connectivity index (χ4v) is 3.00. The Bertz CT molecular complexity index is 179. The van der Waals surface area contributed by atoms with Gasteiger partial charge in [-0.25, -0.2) is 0 Å². The van der Waals surface area contributed by atoms with Crippen molar-refractivity contribution in [2.24, 2.45) is 5.92 Å². The minimum atomic E-state index is 0.729. The third-order valence-corrected chi connectivity index (χ3v) is 3.80. The smallest absolute Gasteiger partial charge is 0.0198 e. The van der Waals surface area contributed by atoms with Crippen molar-refractivity contribution in [2.45, 2.75) is 59.5 Å². The molecular formula is C14H30N2. The largest absolute Gasteiger partial charge is 0.300 e. The Morgan fingerprint density at radius 2 is 1.69 bits per heavy atom. The first-order valence-corrected chi connectivity index (χ1v) is 7.02. The van der Waals surface area contributed by atoms with E-state index in [1.54, 1.807) is 0 Å². The van der Waals surface area contributed by atoms with Gasteiger partial charge in [-0.15, -0.1) is 0 Å². The monoisotopic (exact) mass is 226 g/mol. The lowest BCUT2D eigenvalue weighted by Crippen LogP contribution is -2.56. The van der Waals surface area contributed by atoms with Crippen molar-refractivity contribution in [1.82, 2.24) is 9.80 Å². The van der Waals surface area contributed by atoms with Crippen molar-refractivity contribution < 1.29 is 0 Å². The number of rotatable bonds is 5. The predicted octanol–water partition coefficient (Wildman–Crippen LogP) is 2.84. The molecule has 0 saturated carbocycles. The van der Waals surface area contributed by atoms with Crippen LogP contribution in [0.25, 0.3) is 0 Å². The lowest BCUT2D eigenvalue weighted by atomic mass is 10.1. The highest BCUT2D eigenvalue weighted by Crippen LogP contribution is 2.16. The molecule has 16 heavy (non-hydrogen) atoms. The Balaban J connectivity index is 2.30. The summed E-state index contributed by atoms with van der Waals surface area (Å²) in [7, 11) is 0. The fourth-order valence-electron chi connectivity index (χ4n) is 3.00. The van der Waals surface area contributed by atoms with Crippen LogP contribution in [0.5, 0.6) is 0 Å². The van der Waals surface area contributed by atoms with Crippen molar-refractivity contribution in [3.63, 3.8) is 0 Å². The van der Waals surface area contributed by atoms with E-state index in [1.165, 1.54) is 39.0 Å². The fraction of sp³-hybridized carbons (Fsp3) is 1.00. The second kappa shape index (κ2) is 6.61. The molecule has 2 heteroatoms. The van der Waals surface area contributed by atoms with Crippen LogP contribution in [-0.2, 0) is 0 Å². The Morgan fingerprint density at radius 1 is 1.12 bits per heavy atom. The van der Waals surface area contributed by atoms with Crippen LogP contribution in [0.3, 0.4) is 0 Å². The number of hydrogen-bond donors (Lipinski definition) is 0. The van der Waals surface area contributed by atoms with Crippen molar-refractivity contribution >= 4 is 0 Å². The Hall–Kier alpha value is -0.0800. The standard InChI is InChI=1S/C14H30N2/c1-6-16-13(4)10-15(11-14(16)5)9-7-8-12(2)3/h12-14H,6-11H2,1-5H3. The molecule has 1 heterocycles. The van der Waals surface area contributed by atoms with Crippen LogP contribution in [0.4, 0.5) is 0 Å². The van der Waals surface area contributed by atoms with Gasteiger partial charge in [-0.2, -0.15) is 0 Å². The number of nitrogens with zero attached hydrogens (tertiary/aromatic N) is 2. The van der Waals surface area contributed by atoms with Crippen LogP contribution in [0.15, 0.2) is 0 Å². The molecule has 1 aliphatic rings. The van der Waals surface area contributed by atoms with E-state index in [1.807, 2.05) is 0 Å². The van der Waals surface area contributed by atoms with E-state index in [2.05, 4.69) is 44.4 Å². The van der Waals surface area contributed by atoms with Gasteiger partial charge in [0, 0.05) is 25.2 Å². The molecule has 0 spiro atoms. The summed E-state index contributed by atoms with van der Waals surface area (Å²) in [5.41, 5.74) is 0. The summed E-state index contributed by atoms with van der Waals surface area (Å²) in [5, 5.41) is 0. The normalized spacial score (nSPS) is 28.9. The molecule has 1 saturated heterocycles. The zero-order chi connectivity index (χ0) is 12.1. The van der Waals surface area contributed by atoms with Gasteiger partial charge in [0.2, 0.25) is 0 Å². The van der Waals surface area contributed by atoms with E-state index in [-0.39, 0.29) is 0 Å². The van der Waals surface area contributed by atoms with Crippen LogP contribution < -0.4 is 0 Å². The first-order chi connectivity index (χ1) is 7.54. The van der Waals surface area contributed by atoms with Crippen LogP contribution in [-0.4, -0.2) is 48.1 Å². The zero-order valence-corrected chi connectivity index (χ0v) is 11.9. The Morgan fingerprint density at radius 3 is 2.12 bits per heavy atom. The first kappa shape index (κ1) is 14.0. The van der Waals surface area contributed by atoms with Gasteiger partial charge in [0.1, 0.15) is 0 Å². The lowest BCUT2D eigenvalue weighted by Gasteiger charge is -2.44. The quantitative estimate of drug-likeness (QED) is 0.711. The van der Waals surface area contributed by atoms with E-state index >= 15 is 0 Å². The average molecular weight is 226 g/mol. The highest BCUT2D eigenvalue weighted by molar-refractivity contribution is 4.84. The highest BCUT2D eigenvalue weighted by atomic mass is 15.3. The van der Waals surface area contributed by atoms with Gasteiger partial charge in [0.15, 0.2) is 0 Å². The minimum absolute atomic E-state index is 0.729. The molecule has 1 aliphatic heterocycles. The molecule has 1 rings (SSSR count). The van der Waals surface area contributed by atoms with Crippen molar-refractivity contribution in [3.05, 3.63) is 0 Å². The second-order valence-electron chi connectivity index (χ2n) is 5.82. The Labute approximate surface area is 102 Å². The summed E-state index contributed by atoms with van der Waals surface area (Å²) < 4.78 is 0. The molecule has 0 aromatic heterocycles. The molecule has 96 valence electrons. The average Bonchev–Trinajstić information content (AvgIpc) is 2.16. The lowest BCUT2D eigenvalue weighted by molar-refractivity contribution is 0.0421. The molecule has 1 fully saturated rings. The van der Waals surface area contributed by atoms with Crippen molar-refractivity contribution in [2.75, 3.05) is 26.2 Å². The summed E-state index contributed by atoms with van der Waals surface area (Å²) in [5.74, 6) is 0.853. The van der Waals surface area contributed by atoms with Gasteiger partial charge in [-0.05, 0) is 45.7 Å². The molecule has 0 aromatic rings. The predicted molar refractivity (Wildman–Crippen MR) is 71.8 cm³/mol. The van der Waals surface area contributed by atoms with Gasteiger partial charge in [0.05, 0.1) is 0 Å². The topological polar surface area (TPSA) is 6.48 Å². The maximum atomic E-state index is 2.66. The number of piperazine rings is 1. The minimum Gasteiger partial charge on any atom is -0.300 e.